The molecule has 0 fully saturated rings. The van der Waals surface area contributed by atoms with Crippen LogP contribution in [0.5, 0.6) is 0 Å². The maximum atomic E-state index is 5.52. The van der Waals surface area contributed by atoms with Gasteiger partial charge in [0.25, 0.3) is 0 Å². The lowest BCUT2D eigenvalue weighted by atomic mass is 10.1. The molecule has 0 spiro atoms. The van der Waals surface area contributed by atoms with Crippen LogP contribution in [-0.4, -0.2) is 9.67 Å². The average molecular weight is 210 g/mol. The highest BCUT2D eigenvalue weighted by molar-refractivity contribution is 6.45. The summed E-state index contributed by atoms with van der Waals surface area (Å²) in [6, 6.07) is 0. The van der Waals surface area contributed by atoms with Gasteiger partial charge in [0, 0.05) is 0 Å². The number of halogens is 4. The lowest BCUT2D eigenvalue weighted by Crippen LogP contribution is -2.07. The van der Waals surface area contributed by atoms with E-state index in [4.69, 9.17) is 46.4 Å². The summed E-state index contributed by atoms with van der Waals surface area (Å²) in [6.45, 7) is 1.91. The van der Waals surface area contributed by atoms with Gasteiger partial charge in [0.05, 0.1) is 0 Å². The Bertz CT molecular complexity index is 71.4. The molecule has 0 radical (unpaired) electrons. The van der Waals surface area contributed by atoms with Gasteiger partial charge in [-0.2, -0.15) is 0 Å². The fourth-order valence-electron chi connectivity index (χ4n) is 0.384. The zero-order chi connectivity index (χ0) is 7.44. The molecule has 0 saturated heterocycles. The molecule has 56 valence electrons. The molecule has 0 N–H and O–H groups in total. The predicted octanol–water partition coefficient (Wildman–Crippen LogP) is 3.62. The minimum atomic E-state index is -0.370. The fourth-order valence-corrected chi connectivity index (χ4v) is 1.15. The first kappa shape index (κ1) is 10.2. The Balaban J connectivity index is 3.38. The second-order valence-corrected chi connectivity index (χ2v) is 4.38. The summed E-state index contributed by atoms with van der Waals surface area (Å²) in [5.74, 6) is 0.160. The summed E-state index contributed by atoms with van der Waals surface area (Å²) in [4.78, 5) is -0.731. The molecule has 0 heterocycles. The standard InChI is InChI=1S/C5H8Cl4/c1-3(5(8)9)2-4(6)7/h3-5H,2H2,1H3. The SMILES string of the molecule is CC(CC(Cl)Cl)C(Cl)Cl. The van der Waals surface area contributed by atoms with E-state index in [0.29, 0.717) is 6.42 Å². The Kier molecular flexibility index (Phi) is 5.53. The van der Waals surface area contributed by atoms with Crippen molar-refractivity contribution in [2.24, 2.45) is 5.92 Å². The van der Waals surface area contributed by atoms with Gasteiger partial charge in [0.2, 0.25) is 0 Å². The zero-order valence-electron chi connectivity index (χ0n) is 4.95. The van der Waals surface area contributed by atoms with E-state index in [1.54, 1.807) is 0 Å². The van der Waals surface area contributed by atoms with Crippen LogP contribution < -0.4 is 0 Å². The van der Waals surface area contributed by atoms with Crippen molar-refractivity contribution in [3.8, 4) is 0 Å². The number of rotatable bonds is 3. The second kappa shape index (κ2) is 4.90. The van der Waals surface area contributed by atoms with Gasteiger partial charge in [-0.1, -0.05) is 6.92 Å². The van der Waals surface area contributed by atoms with E-state index < -0.39 is 0 Å². The van der Waals surface area contributed by atoms with Crippen molar-refractivity contribution >= 4 is 46.4 Å². The third-order valence-electron chi connectivity index (χ3n) is 0.980. The van der Waals surface area contributed by atoms with Crippen molar-refractivity contribution in [1.29, 1.82) is 0 Å². The van der Waals surface area contributed by atoms with Crippen LogP contribution in [-0.2, 0) is 0 Å². The van der Waals surface area contributed by atoms with Gasteiger partial charge >= 0.3 is 0 Å². The summed E-state index contributed by atoms with van der Waals surface area (Å²) in [7, 11) is 0. The molecule has 9 heavy (non-hydrogen) atoms. The van der Waals surface area contributed by atoms with E-state index in [9.17, 15) is 0 Å². The highest BCUT2D eigenvalue weighted by atomic mass is 35.5. The molecular weight excluding hydrogens is 202 g/mol. The third-order valence-corrected chi connectivity index (χ3v) is 2.20. The highest BCUT2D eigenvalue weighted by Crippen LogP contribution is 2.23. The van der Waals surface area contributed by atoms with Crippen LogP contribution in [0.25, 0.3) is 0 Å². The highest BCUT2D eigenvalue weighted by Gasteiger charge is 2.13. The van der Waals surface area contributed by atoms with Crippen LogP contribution in [0.1, 0.15) is 13.3 Å². The van der Waals surface area contributed by atoms with Crippen LogP contribution in [0, 0.1) is 5.92 Å². The van der Waals surface area contributed by atoms with Crippen LogP contribution in [0.3, 0.4) is 0 Å². The van der Waals surface area contributed by atoms with Crippen molar-refractivity contribution in [2.75, 3.05) is 0 Å². The molecule has 0 saturated carbocycles. The minimum absolute atomic E-state index is 0.160. The van der Waals surface area contributed by atoms with E-state index in [2.05, 4.69) is 0 Å². The van der Waals surface area contributed by atoms with Gasteiger partial charge < -0.3 is 0 Å². The molecule has 0 aromatic carbocycles. The van der Waals surface area contributed by atoms with E-state index >= 15 is 0 Å². The Morgan fingerprint density at radius 3 is 1.67 bits per heavy atom. The molecule has 0 bridgehead atoms. The summed E-state index contributed by atoms with van der Waals surface area (Å²) in [5, 5.41) is 0. The number of hydrogen-bond donors (Lipinski definition) is 0. The smallest absolute Gasteiger partial charge is 0.105 e. The van der Waals surface area contributed by atoms with Crippen LogP contribution >= 0.6 is 46.4 Å². The van der Waals surface area contributed by atoms with E-state index in [-0.39, 0.29) is 15.6 Å². The molecule has 0 nitrogen and oxygen atoms in total. The molecule has 1 unspecified atom stereocenters. The molecule has 0 aliphatic heterocycles. The summed E-state index contributed by atoms with van der Waals surface area (Å²) in [5.41, 5.74) is 0. The van der Waals surface area contributed by atoms with Gasteiger partial charge in [-0.05, 0) is 12.3 Å². The molecule has 1 atom stereocenters. The normalized spacial score (nSPS) is 15.0. The Morgan fingerprint density at radius 1 is 1.11 bits per heavy atom. The lowest BCUT2D eigenvalue weighted by molar-refractivity contribution is 0.595. The van der Waals surface area contributed by atoms with Crippen LogP contribution in [0.4, 0.5) is 0 Å². The van der Waals surface area contributed by atoms with Crippen LogP contribution in [0.2, 0.25) is 0 Å². The summed E-state index contributed by atoms with van der Waals surface area (Å²) in [6.07, 6.45) is 0.640. The van der Waals surface area contributed by atoms with Gasteiger partial charge in [-0.15, -0.1) is 46.4 Å². The first-order valence-corrected chi connectivity index (χ1v) is 4.35. The van der Waals surface area contributed by atoms with Crippen molar-refractivity contribution in [3.63, 3.8) is 0 Å². The monoisotopic (exact) mass is 208 g/mol. The maximum absolute atomic E-state index is 5.52. The lowest BCUT2D eigenvalue weighted by Gasteiger charge is -2.11. The first-order valence-electron chi connectivity index (χ1n) is 2.60. The average Bonchev–Trinajstić information content (AvgIpc) is 1.63. The van der Waals surface area contributed by atoms with Crippen LogP contribution in [0.15, 0.2) is 0 Å². The number of alkyl halides is 4. The van der Waals surface area contributed by atoms with Gasteiger partial charge in [-0.25, -0.2) is 0 Å². The molecular formula is C5H8Cl4. The zero-order valence-corrected chi connectivity index (χ0v) is 7.97. The van der Waals surface area contributed by atoms with E-state index in [1.807, 2.05) is 6.92 Å². The van der Waals surface area contributed by atoms with Gasteiger partial charge in [-0.3, -0.25) is 0 Å². The summed E-state index contributed by atoms with van der Waals surface area (Å²) >= 11 is 22.0. The molecule has 0 aromatic rings. The van der Waals surface area contributed by atoms with Crippen molar-refractivity contribution in [2.45, 2.75) is 23.0 Å². The van der Waals surface area contributed by atoms with Crippen molar-refractivity contribution < 1.29 is 0 Å². The van der Waals surface area contributed by atoms with Crippen molar-refractivity contribution in [3.05, 3.63) is 0 Å². The first-order chi connectivity index (χ1) is 4.04. The number of hydrogen-bond acceptors (Lipinski definition) is 0. The van der Waals surface area contributed by atoms with Gasteiger partial charge in [0.15, 0.2) is 0 Å². The molecule has 0 rings (SSSR count). The quantitative estimate of drug-likeness (QED) is 0.624. The Labute approximate surface area is 75.4 Å². The van der Waals surface area contributed by atoms with E-state index in [0.717, 1.165) is 0 Å². The fraction of sp³-hybridized carbons (Fsp3) is 1.00. The van der Waals surface area contributed by atoms with Gasteiger partial charge in [0.1, 0.15) is 9.67 Å². The second-order valence-electron chi connectivity index (χ2n) is 1.94. The van der Waals surface area contributed by atoms with E-state index in [1.165, 1.54) is 0 Å². The molecule has 0 amide bonds. The molecule has 4 heteroatoms. The Hall–Kier alpha value is 1.16. The molecule has 0 aliphatic rings. The predicted molar refractivity (Wildman–Crippen MR) is 44.8 cm³/mol. The van der Waals surface area contributed by atoms with Crippen molar-refractivity contribution in [1.82, 2.24) is 0 Å². The molecule has 0 aliphatic carbocycles. The molecule has 0 aromatic heterocycles. The Morgan fingerprint density at radius 2 is 1.56 bits per heavy atom. The third kappa shape index (κ3) is 5.60. The maximum Gasteiger partial charge on any atom is 0.110 e. The minimum Gasteiger partial charge on any atom is -0.105 e. The topological polar surface area (TPSA) is 0 Å². The largest absolute Gasteiger partial charge is 0.110 e. The summed E-state index contributed by atoms with van der Waals surface area (Å²) < 4.78 is 0.